The quantitative estimate of drug-likeness (QED) is 0.236. The molecule has 1 aliphatic rings. The van der Waals surface area contributed by atoms with Gasteiger partial charge in [0, 0.05) is 42.1 Å². The van der Waals surface area contributed by atoms with E-state index in [1.165, 1.54) is 42.0 Å². The highest BCUT2D eigenvalue weighted by Crippen LogP contribution is 2.39. The lowest BCUT2D eigenvalue weighted by atomic mass is 9.78. The summed E-state index contributed by atoms with van der Waals surface area (Å²) < 4.78 is 18.2. The van der Waals surface area contributed by atoms with Crippen molar-refractivity contribution in [2.75, 3.05) is 0 Å². The van der Waals surface area contributed by atoms with Crippen LogP contribution < -0.4 is 5.46 Å². The summed E-state index contributed by atoms with van der Waals surface area (Å²) in [6.45, 7) is 6.53. The van der Waals surface area contributed by atoms with Gasteiger partial charge in [0.2, 0.25) is 0 Å². The normalized spacial score (nSPS) is 17.8. The fourth-order valence-electron chi connectivity index (χ4n) is 5.85. The molecule has 2 aromatic heterocycles. The van der Waals surface area contributed by atoms with Gasteiger partial charge >= 0.3 is 7.12 Å². The Labute approximate surface area is 215 Å². The molecule has 178 valence electrons. The maximum Gasteiger partial charge on any atom is 0.496 e. The predicted molar refractivity (Wildman–Crippen MR) is 154 cm³/mol. The summed E-state index contributed by atoms with van der Waals surface area (Å²) in [7, 11) is -0.389. The van der Waals surface area contributed by atoms with Gasteiger partial charge in [0.1, 0.15) is 0 Å². The summed E-state index contributed by atoms with van der Waals surface area (Å²) in [5.41, 5.74) is 4.36. The van der Waals surface area contributed by atoms with Crippen molar-refractivity contribution in [2.45, 2.75) is 45.3 Å². The van der Waals surface area contributed by atoms with Crippen molar-refractivity contribution < 1.29 is 9.31 Å². The Bertz CT molecular complexity index is 1710. The number of para-hydroxylation sites is 2. The molecular weight excluding hydrogens is 461 g/mol. The van der Waals surface area contributed by atoms with Crippen LogP contribution in [-0.4, -0.2) is 23.4 Å². The van der Waals surface area contributed by atoms with E-state index in [2.05, 4.69) is 110 Å². The van der Waals surface area contributed by atoms with Crippen molar-refractivity contribution in [1.29, 1.82) is 0 Å². The van der Waals surface area contributed by atoms with E-state index in [9.17, 15) is 0 Å². The molecule has 1 saturated heterocycles. The number of hydrogen-bond donors (Lipinski definition) is 0. The fraction of sp³-hybridized carbons (Fsp3) is 0.226. The van der Waals surface area contributed by atoms with E-state index in [4.69, 9.17) is 9.31 Å². The van der Waals surface area contributed by atoms with Gasteiger partial charge in [-0.1, -0.05) is 67.9 Å². The SMILES string of the molecule is CCCC1OB(c2cc(-n3c4ccccc4c4ccccc43)cc3c2sc2ccccc23)OC1(C)C. The Morgan fingerprint density at radius 2 is 1.47 bits per heavy atom. The third kappa shape index (κ3) is 3.27. The largest absolute Gasteiger partial charge is 0.496 e. The summed E-state index contributed by atoms with van der Waals surface area (Å²) in [5.74, 6) is 0. The Kier molecular flexibility index (Phi) is 5.04. The summed E-state index contributed by atoms with van der Waals surface area (Å²) >= 11 is 1.83. The van der Waals surface area contributed by atoms with Crippen LogP contribution in [0.15, 0.2) is 84.9 Å². The molecule has 1 aliphatic heterocycles. The smallest absolute Gasteiger partial charge is 0.402 e. The van der Waals surface area contributed by atoms with Crippen LogP contribution in [-0.2, 0) is 9.31 Å². The number of thiophene rings is 1. The van der Waals surface area contributed by atoms with Gasteiger partial charge in [-0.2, -0.15) is 0 Å². The fourth-order valence-corrected chi connectivity index (χ4v) is 7.06. The molecule has 6 aromatic rings. The second-order valence-corrected chi connectivity index (χ2v) is 11.4. The summed E-state index contributed by atoms with van der Waals surface area (Å²) in [5, 5.41) is 5.07. The topological polar surface area (TPSA) is 23.4 Å². The van der Waals surface area contributed by atoms with Gasteiger partial charge in [-0.15, -0.1) is 11.3 Å². The van der Waals surface area contributed by atoms with Crippen molar-refractivity contribution in [3.05, 3.63) is 84.9 Å². The number of nitrogens with zero attached hydrogens (tertiary/aromatic N) is 1. The molecule has 36 heavy (non-hydrogen) atoms. The third-order valence-corrected chi connectivity index (χ3v) is 8.84. The zero-order chi connectivity index (χ0) is 24.4. The molecule has 0 aliphatic carbocycles. The molecule has 1 unspecified atom stereocenters. The van der Waals surface area contributed by atoms with Gasteiger partial charge in [-0.25, -0.2) is 0 Å². The van der Waals surface area contributed by atoms with Crippen molar-refractivity contribution in [2.24, 2.45) is 0 Å². The molecular formula is C31H28BNO2S. The minimum atomic E-state index is -0.389. The minimum Gasteiger partial charge on any atom is -0.402 e. The van der Waals surface area contributed by atoms with E-state index in [1.807, 2.05) is 11.3 Å². The molecule has 0 spiro atoms. The highest BCUT2D eigenvalue weighted by molar-refractivity contribution is 7.27. The highest BCUT2D eigenvalue weighted by atomic mass is 32.1. The predicted octanol–water partition coefficient (Wildman–Crippen LogP) is 7.84. The van der Waals surface area contributed by atoms with Gasteiger partial charge in [0.15, 0.2) is 0 Å². The van der Waals surface area contributed by atoms with Crippen LogP contribution in [0.4, 0.5) is 0 Å². The number of benzene rings is 4. The van der Waals surface area contributed by atoms with E-state index >= 15 is 0 Å². The highest BCUT2D eigenvalue weighted by Gasteiger charge is 2.46. The standard InChI is InChI=1S/C31H28BNO2S/c1-4-11-29-31(2,3)35-32(34-29)25-19-20(18-24-23-14-7-10-17-28(23)36-30(24)25)33-26-15-8-5-12-21(26)22-13-6-9-16-27(22)33/h5-10,12-19,29H,4,11H2,1-3H3. The molecule has 3 heterocycles. The van der Waals surface area contributed by atoms with Crippen LogP contribution in [0.3, 0.4) is 0 Å². The van der Waals surface area contributed by atoms with Crippen LogP contribution in [0.1, 0.15) is 33.6 Å². The van der Waals surface area contributed by atoms with E-state index in [0.717, 1.165) is 24.0 Å². The summed E-state index contributed by atoms with van der Waals surface area (Å²) in [4.78, 5) is 0. The van der Waals surface area contributed by atoms with Crippen LogP contribution in [0, 0.1) is 0 Å². The van der Waals surface area contributed by atoms with Gasteiger partial charge in [0.05, 0.1) is 22.7 Å². The minimum absolute atomic E-state index is 0.0776. The van der Waals surface area contributed by atoms with Crippen LogP contribution >= 0.6 is 11.3 Å². The van der Waals surface area contributed by atoms with E-state index in [-0.39, 0.29) is 18.8 Å². The van der Waals surface area contributed by atoms with Gasteiger partial charge in [-0.05, 0) is 50.6 Å². The molecule has 0 radical (unpaired) electrons. The molecule has 3 nitrogen and oxygen atoms in total. The Hall–Kier alpha value is -3.12. The molecule has 1 fully saturated rings. The lowest BCUT2D eigenvalue weighted by molar-refractivity contribution is 0.0670. The zero-order valence-electron chi connectivity index (χ0n) is 20.8. The van der Waals surface area contributed by atoms with E-state index in [0.29, 0.717) is 0 Å². The number of rotatable bonds is 4. The first-order valence-corrected chi connectivity index (χ1v) is 13.6. The Balaban J connectivity index is 1.53. The van der Waals surface area contributed by atoms with Crippen LogP contribution in [0.25, 0.3) is 47.7 Å². The molecule has 4 aromatic carbocycles. The Morgan fingerprint density at radius 1 is 0.833 bits per heavy atom. The Morgan fingerprint density at radius 3 is 2.17 bits per heavy atom. The average Bonchev–Trinajstić information content (AvgIpc) is 3.53. The first-order valence-electron chi connectivity index (χ1n) is 12.8. The second-order valence-electron chi connectivity index (χ2n) is 10.3. The summed E-state index contributed by atoms with van der Waals surface area (Å²) in [6, 6.07) is 30.7. The molecule has 0 bridgehead atoms. The van der Waals surface area contributed by atoms with Crippen LogP contribution in [0.5, 0.6) is 0 Å². The molecule has 0 N–H and O–H groups in total. The summed E-state index contributed by atoms with van der Waals surface area (Å²) in [6.07, 6.45) is 2.14. The molecule has 0 amide bonds. The number of fused-ring (bicyclic) bond motifs is 6. The van der Waals surface area contributed by atoms with Crippen LogP contribution in [0.2, 0.25) is 0 Å². The molecule has 5 heteroatoms. The lowest BCUT2D eigenvalue weighted by Gasteiger charge is -2.24. The van der Waals surface area contributed by atoms with E-state index < -0.39 is 0 Å². The number of hydrogen-bond acceptors (Lipinski definition) is 3. The second kappa shape index (κ2) is 8.20. The van der Waals surface area contributed by atoms with Gasteiger partial charge in [0.25, 0.3) is 0 Å². The third-order valence-electron chi connectivity index (χ3n) is 7.61. The molecule has 1 atom stereocenters. The number of aromatic nitrogens is 1. The first kappa shape index (κ1) is 22.1. The zero-order valence-corrected chi connectivity index (χ0v) is 21.6. The lowest BCUT2D eigenvalue weighted by Crippen LogP contribution is -2.35. The first-order chi connectivity index (χ1) is 17.5. The van der Waals surface area contributed by atoms with E-state index in [1.54, 1.807) is 0 Å². The van der Waals surface area contributed by atoms with Gasteiger partial charge in [-0.3, -0.25) is 0 Å². The van der Waals surface area contributed by atoms with Gasteiger partial charge < -0.3 is 13.9 Å². The molecule has 7 rings (SSSR count). The van der Waals surface area contributed by atoms with Crippen molar-refractivity contribution in [3.8, 4) is 5.69 Å². The monoisotopic (exact) mass is 489 g/mol. The average molecular weight is 489 g/mol. The maximum absolute atomic E-state index is 6.63. The maximum atomic E-state index is 6.63. The van der Waals surface area contributed by atoms with Crippen molar-refractivity contribution in [3.63, 3.8) is 0 Å². The molecule has 0 saturated carbocycles. The van der Waals surface area contributed by atoms with Crippen molar-refractivity contribution >= 4 is 65.9 Å². The van der Waals surface area contributed by atoms with Crippen molar-refractivity contribution in [1.82, 2.24) is 4.57 Å².